The smallest absolute Gasteiger partial charge is 0.323 e. The van der Waals surface area contributed by atoms with Crippen molar-refractivity contribution in [1.82, 2.24) is 5.32 Å². The molecule has 3 rings (SSSR count). The first-order valence-corrected chi connectivity index (χ1v) is 14.4. The zero-order valence-electron chi connectivity index (χ0n) is 25.2. The summed E-state index contributed by atoms with van der Waals surface area (Å²) in [6, 6.07) is 21.3. The van der Waals surface area contributed by atoms with Crippen molar-refractivity contribution in [3.63, 3.8) is 0 Å². The second kappa shape index (κ2) is 16.1. The number of urea groups is 1. The average molecular weight is 588 g/mol. The highest BCUT2D eigenvalue weighted by Crippen LogP contribution is 2.29. The third-order valence-electron chi connectivity index (χ3n) is 7.19. The summed E-state index contributed by atoms with van der Waals surface area (Å²) in [6.07, 6.45) is 0.407. The number of carboxylic acid groups (broad SMARTS) is 1. The molecule has 0 saturated heterocycles. The minimum atomic E-state index is -0.986. The number of Topliss-reactive ketones (excluding diaryl/α,β-unsaturated/α-hetero) is 1. The quantitative estimate of drug-likeness (QED) is 0.160. The number of ketones is 1. The van der Waals surface area contributed by atoms with Crippen LogP contribution in [-0.2, 0) is 20.9 Å². The molecule has 0 radical (unpaired) electrons. The fraction of sp³-hybridized carbons (Fsp3) is 0.353. The van der Waals surface area contributed by atoms with Gasteiger partial charge in [-0.3, -0.25) is 14.4 Å². The zero-order valence-corrected chi connectivity index (χ0v) is 25.2. The van der Waals surface area contributed by atoms with Gasteiger partial charge in [0.15, 0.2) is 0 Å². The number of aliphatic carboxylic acids is 1. The van der Waals surface area contributed by atoms with E-state index in [4.69, 9.17) is 4.74 Å². The predicted octanol–water partition coefficient (Wildman–Crippen LogP) is 6.53. The molecule has 0 aromatic heterocycles. The first-order valence-electron chi connectivity index (χ1n) is 14.4. The van der Waals surface area contributed by atoms with Crippen molar-refractivity contribution >= 4 is 35.1 Å². The van der Waals surface area contributed by atoms with Crippen LogP contribution in [0, 0.1) is 18.8 Å². The molecule has 0 fully saturated rings. The minimum absolute atomic E-state index is 0.0259. The maximum Gasteiger partial charge on any atom is 0.323 e. The molecule has 0 bridgehead atoms. The van der Waals surface area contributed by atoms with Crippen LogP contribution in [-0.4, -0.2) is 35.9 Å². The molecule has 0 aliphatic heterocycles. The summed E-state index contributed by atoms with van der Waals surface area (Å²) in [5.74, 6) is -1.55. The van der Waals surface area contributed by atoms with E-state index in [2.05, 4.69) is 16.0 Å². The van der Waals surface area contributed by atoms with E-state index in [0.29, 0.717) is 17.9 Å². The topological polar surface area (TPSA) is 134 Å². The lowest BCUT2D eigenvalue weighted by molar-refractivity contribution is -0.137. The number of hydrogen-bond acceptors (Lipinski definition) is 5. The van der Waals surface area contributed by atoms with Gasteiger partial charge in [0.2, 0.25) is 5.91 Å². The van der Waals surface area contributed by atoms with Crippen molar-refractivity contribution in [2.75, 3.05) is 17.7 Å². The molecule has 3 amide bonds. The SMILES string of the molecule is COc1ccc(C(CC(=O)O)CC(=O)C(CC(=O)NCc2ccc(NC(=O)Nc3ccccc3C)cc2)CC(C)C)cc1. The van der Waals surface area contributed by atoms with E-state index in [-0.39, 0.29) is 49.4 Å². The van der Waals surface area contributed by atoms with Crippen molar-refractivity contribution in [3.8, 4) is 5.75 Å². The van der Waals surface area contributed by atoms with Crippen LogP contribution in [0.5, 0.6) is 5.75 Å². The second-order valence-electron chi connectivity index (χ2n) is 11.1. The number of rotatable bonds is 15. The molecule has 0 saturated carbocycles. The summed E-state index contributed by atoms with van der Waals surface area (Å²) in [7, 11) is 1.55. The molecule has 0 heterocycles. The van der Waals surface area contributed by atoms with E-state index in [0.717, 1.165) is 22.4 Å². The Morgan fingerprint density at radius 2 is 1.51 bits per heavy atom. The van der Waals surface area contributed by atoms with Gasteiger partial charge in [-0.15, -0.1) is 0 Å². The number of amides is 3. The van der Waals surface area contributed by atoms with E-state index >= 15 is 0 Å². The predicted molar refractivity (Wildman–Crippen MR) is 167 cm³/mol. The van der Waals surface area contributed by atoms with Gasteiger partial charge >= 0.3 is 12.0 Å². The van der Waals surface area contributed by atoms with Gasteiger partial charge in [0.1, 0.15) is 11.5 Å². The van der Waals surface area contributed by atoms with Crippen molar-refractivity contribution in [2.45, 2.75) is 58.9 Å². The number of anilines is 2. The van der Waals surface area contributed by atoms with E-state index in [1.165, 1.54) is 0 Å². The molecule has 3 aromatic carbocycles. The van der Waals surface area contributed by atoms with Crippen LogP contribution in [0.2, 0.25) is 0 Å². The number of para-hydroxylation sites is 1. The van der Waals surface area contributed by atoms with E-state index in [9.17, 15) is 24.3 Å². The van der Waals surface area contributed by atoms with Gasteiger partial charge in [0.25, 0.3) is 0 Å². The number of benzene rings is 3. The monoisotopic (exact) mass is 587 g/mol. The molecule has 3 aromatic rings. The molecule has 0 spiro atoms. The van der Waals surface area contributed by atoms with Gasteiger partial charge in [0.05, 0.1) is 13.5 Å². The minimum Gasteiger partial charge on any atom is -0.497 e. The Hall–Kier alpha value is -4.66. The number of ether oxygens (including phenoxy) is 1. The molecular weight excluding hydrogens is 546 g/mol. The molecule has 228 valence electrons. The second-order valence-corrected chi connectivity index (χ2v) is 11.1. The number of nitrogens with one attached hydrogen (secondary N) is 3. The summed E-state index contributed by atoms with van der Waals surface area (Å²) in [6.45, 7) is 6.17. The van der Waals surface area contributed by atoms with Crippen LogP contribution in [0.4, 0.5) is 16.2 Å². The van der Waals surface area contributed by atoms with Gasteiger partial charge < -0.3 is 25.8 Å². The Labute approximate surface area is 253 Å². The highest BCUT2D eigenvalue weighted by molar-refractivity contribution is 6.00. The first kappa shape index (κ1) is 32.8. The summed E-state index contributed by atoms with van der Waals surface area (Å²) in [5, 5.41) is 18.0. The number of methoxy groups -OCH3 is 1. The van der Waals surface area contributed by atoms with Gasteiger partial charge in [-0.1, -0.05) is 56.3 Å². The van der Waals surface area contributed by atoms with Gasteiger partial charge in [0, 0.05) is 42.6 Å². The molecule has 9 nitrogen and oxygen atoms in total. The maximum absolute atomic E-state index is 13.4. The van der Waals surface area contributed by atoms with Crippen molar-refractivity contribution in [1.29, 1.82) is 0 Å². The third kappa shape index (κ3) is 10.9. The Bertz CT molecular complexity index is 1390. The lowest BCUT2D eigenvalue weighted by Gasteiger charge is -2.21. The van der Waals surface area contributed by atoms with Crippen LogP contribution in [0.1, 0.15) is 62.1 Å². The van der Waals surface area contributed by atoms with Crippen LogP contribution in [0.15, 0.2) is 72.8 Å². The summed E-state index contributed by atoms with van der Waals surface area (Å²) in [4.78, 5) is 50.2. The highest BCUT2D eigenvalue weighted by atomic mass is 16.5. The number of carboxylic acids is 1. The number of carbonyl (C=O) groups excluding carboxylic acids is 3. The highest BCUT2D eigenvalue weighted by Gasteiger charge is 2.27. The van der Waals surface area contributed by atoms with E-state index in [1.54, 1.807) is 43.5 Å². The molecule has 43 heavy (non-hydrogen) atoms. The summed E-state index contributed by atoms with van der Waals surface area (Å²) >= 11 is 0. The molecule has 2 unspecified atom stereocenters. The van der Waals surface area contributed by atoms with Crippen LogP contribution in [0.25, 0.3) is 0 Å². The normalized spacial score (nSPS) is 12.2. The molecule has 4 N–H and O–H groups in total. The fourth-order valence-corrected chi connectivity index (χ4v) is 4.90. The number of hydrogen-bond donors (Lipinski definition) is 4. The molecule has 9 heteroatoms. The largest absolute Gasteiger partial charge is 0.497 e. The third-order valence-corrected chi connectivity index (χ3v) is 7.19. The average Bonchev–Trinajstić information content (AvgIpc) is 2.97. The standard InChI is InChI=1S/C34H41N3O6/c1-22(2)17-27(31(38)18-26(20-33(40)41)25-11-15-29(43-4)16-12-25)19-32(39)35-21-24-9-13-28(14-10-24)36-34(42)37-30-8-6-5-7-23(30)3/h5-16,22,26-27H,17-21H2,1-4H3,(H,35,39)(H,40,41)(H2,36,37,42). The molecular formula is C34H41N3O6. The number of aryl methyl sites for hydroxylation is 1. The Balaban J connectivity index is 1.56. The Kier molecular flexibility index (Phi) is 12.3. The van der Waals surface area contributed by atoms with Crippen LogP contribution >= 0.6 is 0 Å². The van der Waals surface area contributed by atoms with Gasteiger partial charge in [-0.05, 0) is 66.3 Å². The van der Waals surface area contributed by atoms with Crippen molar-refractivity contribution in [2.24, 2.45) is 11.8 Å². The Morgan fingerprint density at radius 1 is 0.837 bits per heavy atom. The lowest BCUT2D eigenvalue weighted by atomic mass is 9.83. The molecule has 2 atom stereocenters. The first-order chi connectivity index (χ1) is 20.5. The summed E-state index contributed by atoms with van der Waals surface area (Å²) in [5.41, 5.74) is 3.88. The molecule has 0 aliphatic carbocycles. The van der Waals surface area contributed by atoms with Crippen molar-refractivity contribution < 1.29 is 29.0 Å². The number of carbonyl (C=O) groups is 4. The Morgan fingerprint density at radius 3 is 2.12 bits per heavy atom. The van der Waals surface area contributed by atoms with Gasteiger partial charge in [-0.2, -0.15) is 0 Å². The zero-order chi connectivity index (χ0) is 31.4. The van der Waals surface area contributed by atoms with E-state index < -0.39 is 17.8 Å². The van der Waals surface area contributed by atoms with Gasteiger partial charge in [-0.25, -0.2) is 4.79 Å². The van der Waals surface area contributed by atoms with Crippen LogP contribution < -0.4 is 20.7 Å². The molecule has 0 aliphatic rings. The van der Waals surface area contributed by atoms with E-state index in [1.807, 2.05) is 57.2 Å². The fourth-order valence-electron chi connectivity index (χ4n) is 4.90. The van der Waals surface area contributed by atoms with Crippen LogP contribution in [0.3, 0.4) is 0 Å². The van der Waals surface area contributed by atoms with Crippen molar-refractivity contribution in [3.05, 3.63) is 89.5 Å². The lowest BCUT2D eigenvalue weighted by Crippen LogP contribution is -2.29. The summed E-state index contributed by atoms with van der Waals surface area (Å²) < 4.78 is 5.19. The maximum atomic E-state index is 13.4.